The summed E-state index contributed by atoms with van der Waals surface area (Å²) in [5.74, 6) is -0.938. The number of hydrogen-bond donors (Lipinski definition) is 0. The van der Waals surface area contributed by atoms with Gasteiger partial charge in [0.1, 0.15) is 13.2 Å². The molecule has 0 aromatic rings. The first kappa shape index (κ1) is 57.4. The minimum absolute atomic E-state index is 0.0866. The van der Waals surface area contributed by atoms with Crippen molar-refractivity contribution in [3.05, 3.63) is 48.6 Å². The normalized spacial score (nSPS) is 12.4. The van der Waals surface area contributed by atoms with Crippen LogP contribution in [-0.2, 0) is 28.6 Å². The van der Waals surface area contributed by atoms with Crippen LogP contribution in [0.2, 0.25) is 0 Å². The Morgan fingerprint density at radius 1 is 0.333 bits per heavy atom. The zero-order chi connectivity index (χ0) is 43.7. The molecule has 0 spiro atoms. The number of carbonyl (C=O) groups is 3. The molecule has 1 atom stereocenters. The summed E-state index contributed by atoms with van der Waals surface area (Å²) in [6, 6.07) is 0. The third-order valence-electron chi connectivity index (χ3n) is 11.1. The van der Waals surface area contributed by atoms with Crippen LogP contribution in [0.15, 0.2) is 48.6 Å². The molecule has 0 saturated carbocycles. The van der Waals surface area contributed by atoms with E-state index in [0.29, 0.717) is 19.3 Å². The molecule has 0 bridgehead atoms. The lowest BCUT2D eigenvalue weighted by atomic mass is 10.0. The largest absolute Gasteiger partial charge is 0.462 e. The molecule has 0 aromatic carbocycles. The maximum atomic E-state index is 12.8. The van der Waals surface area contributed by atoms with E-state index in [9.17, 15) is 14.4 Å². The molecule has 6 heteroatoms. The van der Waals surface area contributed by atoms with E-state index < -0.39 is 6.10 Å². The highest BCUT2D eigenvalue weighted by Crippen LogP contribution is 2.15. The van der Waals surface area contributed by atoms with E-state index in [1.54, 1.807) is 0 Å². The SMILES string of the molecule is CCCCC/C=C\C/C=C\C/C=C\C/C=C\CCCC(=O)OC[C@H](COC(=O)CCCCCCCCCCCC)OC(=O)CCCCCCCCCCCCCCCCC. The van der Waals surface area contributed by atoms with Gasteiger partial charge >= 0.3 is 17.9 Å². The number of hydrogen-bond acceptors (Lipinski definition) is 6. The van der Waals surface area contributed by atoms with Crippen LogP contribution in [-0.4, -0.2) is 37.2 Å². The van der Waals surface area contributed by atoms with Crippen molar-refractivity contribution in [2.75, 3.05) is 13.2 Å². The van der Waals surface area contributed by atoms with Crippen molar-refractivity contribution in [3.8, 4) is 0 Å². The van der Waals surface area contributed by atoms with Crippen molar-refractivity contribution in [1.29, 1.82) is 0 Å². The summed E-state index contributed by atoms with van der Waals surface area (Å²) in [5.41, 5.74) is 0. The minimum atomic E-state index is -0.789. The number of allylic oxidation sites excluding steroid dienone is 8. The second kappa shape index (κ2) is 49.0. The molecule has 0 N–H and O–H groups in total. The van der Waals surface area contributed by atoms with Crippen LogP contribution in [0.3, 0.4) is 0 Å². The predicted molar refractivity (Wildman–Crippen MR) is 256 cm³/mol. The average Bonchev–Trinajstić information content (AvgIpc) is 3.24. The number of esters is 3. The molecule has 0 aromatic heterocycles. The summed E-state index contributed by atoms with van der Waals surface area (Å²) >= 11 is 0. The van der Waals surface area contributed by atoms with Crippen LogP contribution in [0.1, 0.15) is 258 Å². The van der Waals surface area contributed by atoms with Crippen LogP contribution in [0.25, 0.3) is 0 Å². The van der Waals surface area contributed by atoms with Crippen molar-refractivity contribution in [1.82, 2.24) is 0 Å². The molecule has 0 aliphatic rings. The van der Waals surface area contributed by atoms with E-state index in [0.717, 1.165) is 64.2 Å². The van der Waals surface area contributed by atoms with Crippen LogP contribution >= 0.6 is 0 Å². The van der Waals surface area contributed by atoms with Crippen LogP contribution in [0.4, 0.5) is 0 Å². The van der Waals surface area contributed by atoms with E-state index in [4.69, 9.17) is 14.2 Å². The monoisotopic (exact) mass is 841 g/mol. The molecule has 0 heterocycles. The second-order valence-electron chi connectivity index (χ2n) is 17.1. The molecule has 0 rings (SSSR count). The molecule has 0 radical (unpaired) electrons. The summed E-state index contributed by atoms with van der Waals surface area (Å²) in [5, 5.41) is 0. The number of unbranched alkanes of at least 4 members (excludes halogenated alkanes) is 27. The van der Waals surface area contributed by atoms with Gasteiger partial charge in [0.2, 0.25) is 0 Å². The standard InChI is InChI=1S/C54H96O6/c1-4-7-10-13-16-19-22-24-26-27-29-30-32-35-38-41-44-47-53(56)59-50-51(49-58-52(55)46-43-40-37-34-21-18-15-12-9-6-3)60-54(57)48-45-42-39-36-33-31-28-25-23-20-17-14-11-8-5-2/h16,19,24,26,29-30,35,38,51H,4-15,17-18,20-23,25,27-28,31-34,36-37,39-50H2,1-3H3/b19-16-,26-24-,30-29-,38-35-/t51-/m0/s1. The van der Waals surface area contributed by atoms with E-state index in [1.165, 1.54) is 148 Å². The lowest BCUT2D eigenvalue weighted by molar-refractivity contribution is -0.167. The van der Waals surface area contributed by atoms with Gasteiger partial charge in [-0.05, 0) is 57.8 Å². The van der Waals surface area contributed by atoms with Crippen LogP contribution < -0.4 is 0 Å². The van der Waals surface area contributed by atoms with Crippen LogP contribution in [0.5, 0.6) is 0 Å². The summed E-state index contributed by atoms with van der Waals surface area (Å²) in [7, 11) is 0. The fourth-order valence-corrected chi connectivity index (χ4v) is 7.20. The van der Waals surface area contributed by atoms with Gasteiger partial charge in [0, 0.05) is 19.3 Å². The van der Waals surface area contributed by atoms with Gasteiger partial charge in [0.25, 0.3) is 0 Å². The topological polar surface area (TPSA) is 78.9 Å². The van der Waals surface area contributed by atoms with Gasteiger partial charge in [0.05, 0.1) is 0 Å². The molecule has 0 aliphatic heterocycles. The molecule has 6 nitrogen and oxygen atoms in total. The highest BCUT2D eigenvalue weighted by Gasteiger charge is 2.19. The van der Waals surface area contributed by atoms with Crippen molar-refractivity contribution in [3.63, 3.8) is 0 Å². The Morgan fingerprint density at radius 3 is 1.00 bits per heavy atom. The zero-order valence-corrected chi connectivity index (χ0v) is 39.7. The molecule has 0 fully saturated rings. The molecule has 60 heavy (non-hydrogen) atoms. The minimum Gasteiger partial charge on any atom is -0.462 e. The zero-order valence-electron chi connectivity index (χ0n) is 39.7. The van der Waals surface area contributed by atoms with Gasteiger partial charge in [-0.3, -0.25) is 14.4 Å². The Kier molecular flexibility index (Phi) is 46.9. The van der Waals surface area contributed by atoms with E-state index in [2.05, 4.69) is 69.4 Å². The molecule has 0 aliphatic carbocycles. The molecular weight excluding hydrogens is 745 g/mol. The molecule has 0 saturated heterocycles. The maximum Gasteiger partial charge on any atom is 0.306 e. The maximum absolute atomic E-state index is 12.8. The first-order valence-electron chi connectivity index (χ1n) is 25.6. The fourth-order valence-electron chi connectivity index (χ4n) is 7.20. The first-order chi connectivity index (χ1) is 29.5. The van der Waals surface area contributed by atoms with Gasteiger partial charge in [-0.1, -0.05) is 230 Å². The third kappa shape index (κ3) is 46.4. The van der Waals surface area contributed by atoms with Gasteiger partial charge in [-0.2, -0.15) is 0 Å². The molecular formula is C54H96O6. The predicted octanol–water partition coefficient (Wildman–Crippen LogP) is 16.7. The van der Waals surface area contributed by atoms with Gasteiger partial charge < -0.3 is 14.2 Å². The van der Waals surface area contributed by atoms with E-state index in [-0.39, 0.29) is 37.5 Å². The molecule has 0 amide bonds. The quantitative estimate of drug-likeness (QED) is 0.0263. The molecule has 348 valence electrons. The second-order valence-corrected chi connectivity index (χ2v) is 17.1. The highest BCUT2D eigenvalue weighted by atomic mass is 16.6. The lowest BCUT2D eigenvalue weighted by Crippen LogP contribution is -2.30. The van der Waals surface area contributed by atoms with Crippen molar-refractivity contribution < 1.29 is 28.6 Å². The van der Waals surface area contributed by atoms with Gasteiger partial charge in [-0.25, -0.2) is 0 Å². The Bertz CT molecular complexity index is 1060. The summed E-state index contributed by atoms with van der Waals surface area (Å²) in [6.45, 7) is 6.56. The first-order valence-corrected chi connectivity index (χ1v) is 25.6. The fraction of sp³-hybridized carbons (Fsp3) is 0.796. The lowest BCUT2D eigenvalue weighted by Gasteiger charge is -2.18. The Balaban J connectivity index is 4.41. The van der Waals surface area contributed by atoms with Crippen molar-refractivity contribution in [2.45, 2.75) is 264 Å². The van der Waals surface area contributed by atoms with Crippen molar-refractivity contribution >= 4 is 17.9 Å². The van der Waals surface area contributed by atoms with E-state index in [1.807, 2.05) is 0 Å². The van der Waals surface area contributed by atoms with Gasteiger partial charge in [-0.15, -0.1) is 0 Å². The van der Waals surface area contributed by atoms with Gasteiger partial charge in [0.15, 0.2) is 6.10 Å². The molecule has 0 unspecified atom stereocenters. The van der Waals surface area contributed by atoms with Crippen molar-refractivity contribution in [2.24, 2.45) is 0 Å². The van der Waals surface area contributed by atoms with E-state index >= 15 is 0 Å². The number of carbonyl (C=O) groups excluding carboxylic acids is 3. The summed E-state index contributed by atoms with van der Waals surface area (Å²) in [4.78, 5) is 37.9. The highest BCUT2D eigenvalue weighted by molar-refractivity contribution is 5.71. The average molecular weight is 841 g/mol. The Hall–Kier alpha value is -2.63. The smallest absolute Gasteiger partial charge is 0.306 e. The summed E-state index contributed by atoms with van der Waals surface area (Å²) < 4.78 is 16.7. The number of rotatable bonds is 46. The summed E-state index contributed by atoms with van der Waals surface area (Å²) in [6.07, 6.45) is 58.1. The van der Waals surface area contributed by atoms with Crippen LogP contribution in [0, 0.1) is 0 Å². The Labute approximate surface area is 371 Å². The Morgan fingerprint density at radius 2 is 0.617 bits per heavy atom. The number of ether oxygens (including phenoxy) is 3. The third-order valence-corrected chi connectivity index (χ3v) is 11.1.